The second-order valence-corrected chi connectivity index (χ2v) is 1.87. The van der Waals surface area contributed by atoms with E-state index < -0.39 is 0 Å². The summed E-state index contributed by atoms with van der Waals surface area (Å²) in [6.07, 6.45) is 0. The van der Waals surface area contributed by atoms with Gasteiger partial charge in [0.25, 0.3) is 0 Å². The Morgan fingerprint density at radius 2 is 2.10 bits per heavy atom. The summed E-state index contributed by atoms with van der Waals surface area (Å²) in [4.78, 5) is 0. The van der Waals surface area contributed by atoms with Crippen molar-refractivity contribution in [2.75, 3.05) is 39.5 Å². The molecular weight excluding hydrogens is 132 g/mol. The highest BCUT2D eigenvalue weighted by atomic mass is 16.5. The van der Waals surface area contributed by atoms with Gasteiger partial charge in [-0.15, -0.1) is 0 Å². The van der Waals surface area contributed by atoms with Crippen molar-refractivity contribution >= 4 is 0 Å². The van der Waals surface area contributed by atoms with Crippen molar-refractivity contribution in [3.8, 4) is 0 Å². The van der Waals surface area contributed by atoms with Crippen LogP contribution in [0.2, 0.25) is 0 Å². The van der Waals surface area contributed by atoms with Gasteiger partial charge in [0.2, 0.25) is 0 Å². The third-order valence-corrected chi connectivity index (χ3v) is 0.980. The molecule has 4 heteroatoms. The van der Waals surface area contributed by atoms with Crippen molar-refractivity contribution in [1.82, 2.24) is 5.32 Å². The molecule has 0 unspecified atom stereocenters. The van der Waals surface area contributed by atoms with Crippen molar-refractivity contribution in [2.24, 2.45) is 5.73 Å². The van der Waals surface area contributed by atoms with Crippen LogP contribution in [0.25, 0.3) is 0 Å². The van der Waals surface area contributed by atoms with Crippen LogP contribution in [0, 0.1) is 0 Å². The molecule has 0 amide bonds. The molecule has 0 spiro atoms. The van der Waals surface area contributed by atoms with Crippen LogP contribution in [0.1, 0.15) is 0 Å². The van der Waals surface area contributed by atoms with Gasteiger partial charge >= 0.3 is 0 Å². The lowest BCUT2D eigenvalue weighted by molar-refractivity contribution is 0.0941. The third kappa shape index (κ3) is 7.84. The van der Waals surface area contributed by atoms with E-state index in [9.17, 15) is 0 Å². The summed E-state index contributed by atoms with van der Waals surface area (Å²) in [6.45, 7) is 3.43. The number of ether oxygens (including phenoxy) is 1. The van der Waals surface area contributed by atoms with Crippen molar-refractivity contribution in [2.45, 2.75) is 0 Å². The Kier molecular flexibility index (Phi) is 8.70. The minimum atomic E-state index is 0.0941. The van der Waals surface area contributed by atoms with Crippen LogP contribution >= 0.6 is 0 Å². The number of hydrogen-bond donors (Lipinski definition) is 3. The lowest BCUT2D eigenvalue weighted by Gasteiger charge is -2.02. The average Bonchev–Trinajstić information content (AvgIpc) is 1.97. The Bertz CT molecular complexity index is 53.7. The summed E-state index contributed by atoms with van der Waals surface area (Å²) in [6, 6.07) is 0. The van der Waals surface area contributed by atoms with Gasteiger partial charge in [0.05, 0.1) is 19.8 Å². The first-order valence-electron chi connectivity index (χ1n) is 3.51. The van der Waals surface area contributed by atoms with Gasteiger partial charge in [-0.3, -0.25) is 0 Å². The SMILES string of the molecule is NCCNCCOCCO. The normalized spacial score (nSPS) is 10.2. The molecule has 4 N–H and O–H groups in total. The zero-order valence-electron chi connectivity index (χ0n) is 6.18. The predicted octanol–water partition coefficient (Wildman–Crippen LogP) is -1.46. The van der Waals surface area contributed by atoms with E-state index in [0.717, 1.165) is 13.1 Å². The molecule has 0 aliphatic carbocycles. The van der Waals surface area contributed by atoms with Crippen molar-refractivity contribution in [1.29, 1.82) is 0 Å². The molecule has 10 heavy (non-hydrogen) atoms. The summed E-state index contributed by atoms with van der Waals surface area (Å²) in [5.41, 5.74) is 5.23. The van der Waals surface area contributed by atoms with E-state index in [1.165, 1.54) is 0 Å². The monoisotopic (exact) mass is 148 g/mol. The van der Waals surface area contributed by atoms with Crippen molar-refractivity contribution in [3.05, 3.63) is 0 Å². The second-order valence-electron chi connectivity index (χ2n) is 1.87. The number of aliphatic hydroxyl groups is 1. The summed E-state index contributed by atoms with van der Waals surface area (Å²) < 4.78 is 4.98. The number of nitrogens with two attached hydrogens (primary N) is 1. The van der Waals surface area contributed by atoms with Gasteiger partial charge in [0, 0.05) is 19.6 Å². The Morgan fingerprint density at radius 1 is 1.30 bits per heavy atom. The van der Waals surface area contributed by atoms with Gasteiger partial charge in [-0.05, 0) is 0 Å². The Morgan fingerprint density at radius 3 is 2.70 bits per heavy atom. The average molecular weight is 148 g/mol. The molecule has 0 fully saturated rings. The maximum absolute atomic E-state index is 8.30. The number of nitrogens with one attached hydrogen (secondary N) is 1. The highest BCUT2D eigenvalue weighted by Crippen LogP contribution is 1.70. The van der Waals surface area contributed by atoms with Crippen LogP contribution in [-0.2, 0) is 4.74 Å². The van der Waals surface area contributed by atoms with Gasteiger partial charge in [0.1, 0.15) is 0 Å². The van der Waals surface area contributed by atoms with Crippen LogP contribution in [0.4, 0.5) is 0 Å². The lowest BCUT2D eigenvalue weighted by Crippen LogP contribution is -2.26. The second kappa shape index (κ2) is 8.84. The molecule has 0 radical (unpaired) electrons. The Balaban J connectivity index is 2.65. The molecule has 0 aromatic carbocycles. The van der Waals surface area contributed by atoms with E-state index >= 15 is 0 Å². The topological polar surface area (TPSA) is 67.5 Å². The zero-order chi connectivity index (χ0) is 7.66. The number of hydrogen-bond acceptors (Lipinski definition) is 4. The van der Waals surface area contributed by atoms with E-state index in [2.05, 4.69) is 5.32 Å². The summed E-state index contributed by atoms with van der Waals surface area (Å²) in [7, 11) is 0. The van der Waals surface area contributed by atoms with Crippen LogP contribution in [0.15, 0.2) is 0 Å². The third-order valence-electron chi connectivity index (χ3n) is 0.980. The summed E-state index contributed by atoms with van der Waals surface area (Å²) in [5, 5.41) is 11.4. The molecule has 0 saturated heterocycles. The van der Waals surface area contributed by atoms with Crippen molar-refractivity contribution < 1.29 is 9.84 Å². The maximum atomic E-state index is 8.30. The standard InChI is InChI=1S/C6H16N2O2/c7-1-2-8-3-5-10-6-4-9/h8-9H,1-7H2. The lowest BCUT2D eigenvalue weighted by atomic mass is 10.6. The summed E-state index contributed by atoms with van der Waals surface area (Å²) >= 11 is 0. The fraction of sp³-hybridized carbons (Fsp3) is 1.00. The van der Waals surface area contributed by atoms with Gasteiger partial charge in [-0.2, -0.15) is 0 Å². The summed E-state index contributed by atoms with van der Waals surface area (Å²) in [5.74, 6) is 0. The van der Waals surface area contributed by atoms with Crippen LogP contribution in [0.3, 0.4) is 0 Å². The first kappa shape index (κ1) is 9.84. The van der Waals surface area contributed by atoms with E-state index in [1.54, 1.807) is 0 Å². The smallest absolute Gasteiger partial charge is 0.0698 e. The predicted molar refractivity (Wildman–Crippen MR) is 39.8 cm³/mol. The minimum Gasteiger partial charge on any atom is -0.394 e. The number of aliphatic hydroxyl groups excluding tert-OH is 1. The van der Waals surface area contributed by atoms with E-state index in [4.69, 9.17) is 15.6 Å². The van der Waals surface area contributed by atoms with E-state index in [1.807, 2.05) is 0 Å². The molecule has 0 rings (SSSR count). The highest BCUT2D eigenvalue weighted by molar-refractivity contribution is 4.44. The van der Waals surface area contributed by atoms with E-state index in [-0.39, 0.29) is 6.61 Å². The van der Waals surface area contributed by atoms with Crippen LogP contribution in [-0.4, -0.2) is 44.6 Å². The first-order chi connectivity index (χ1) is 4.91. The maximum Gasteiger partial charge on any atom is 0.0698 e. The van der Waals surface area contributed by atoms with Crippen LogP contribution < -0.4 is 11.1 Å². The molecule has 4 nitrogen and oxygen atoms in total. The molecule has 0 aromatic heterocycles. The van der Waals surface area contributed by atoms with Crippen molar-refractivity contribution in [3.63, 3.8) is 0 Å². The molecular formula is C6H16N2O2. The molecule has 0 aliphatic rings. The van der Waals surface area contributed by atoms with Gasteiger partial charge in [-0.1, -0.05) is 0 Å². The largest absolute Gasteiger partial charge is 0.394 e. The first-order valence-corrected chi connectivity index (χ1v) is 3.51. The van der Waals surface area contributed by atoms with Crippen LogP contribution in [0.5, 0.6) is 0 Å². The fourth-order valence-electron chi connectivity index (χ4n) is 0.538. The molecule has 0 bridgehead atoms. The Labute approximate surface area is 61.4 Å². The quantitative estimate of drug-likeness (QED) is 0.386. The number of rotatable bonds is 7. The fourth-order valence-corrected chi connectivity index (χ4v) is 0.538. The molecule has 0 atom stereocenters. The molecule has 0 aliphatic heterocycles. The molecule has 0 heterocycles. The Hall–Kier alpha value is -0.160. The highest BCUT2D eigenvalue weighted by Gasteiger charge is 1.85. The minimum absolute atomic E-state index is 0.0941. The van der Waals surface area contributed by atoms with E-state index in [0.29, 0.717) is 19.8 Å². The van der Waals surface area contributed by atoms with Gasteiger partial charge in [0.15, 0.2) is 0 Å². The molecule has 0 saturated carbocycles. The zero-order valence-corrected chi connectivity index (χ0v) is 6.18. The van der Waals surface area contributed by atoms with Gasteiger partial charge in [-0.25, -0.2) is 0 Å². The van der Waals surface area contributed by atoms with Gasteiger partial charge < -0.3 is 20.9 Å². The molecule has 0 aromatic rings. The molecule has 62 valence electrons.